The van der Waals surface area contributed by atoms with E-state index >= 15 is 0 Å². The summed E-state index contributed by atoms with van der Waals surface area (Å²) in [6, 6.07) is 0.0758. The second-order valence-electron chi connectivity index (χ2n) is 7.41. The monoisotopic (exact) mass is 521 g/mol. The molecule has 2 amide bonds. The molecule has 2 N–H and O–H groups in total. The van der Waals surface area contributed by atoms with Gasteiger partial charge in [0.25, 0.3) is 0 Å². The first-order valence-electron chi connectivity index (χ1n) is 10.2. The van der Waals surface area contributed by atoms with E-state index in [1.165, 1.54) is 6.21 Å². The summed E-state index contributed by atoms with van der Waals surface area (Å²) in [7, 11) is 1.90. The van der Waals surface area contributed by atoms with Crippen molar-refractivity contribution >= 4 is 18.0 Å². The van der Waals surface area contributed by atoms with Gasteiger partial charge in [0, 0.05) is 19.0 Å². The maximum atomic E-state index is 12.5. The number of rotatable bonds is 13. The van der Waals surface area contributed by atoms with Crippen LogP contribution in [-0.2, 0) is 23.2 Å². The number of aromatic nitrogens is 2. The summed E-state index contributed by atoms with van der Waals surface area (Å²) < 4.78 is 3.91. The van der Waals surface area contributed by atoms with Crippen molar-refractivity contribution in [2.75, 3.05) is 13.1 Å². The van der Waals surface area contributed by atoms with Gasteiger partial charge in [0.1, 0.15) is 12.4 Å². The predicted molar refractivity (Wildman–Crippen MR) is 108 cm³/mol. The van der Waals surface area contributed by atoms with Crippen molar-refractivity contribution in [3.05, 3.63) is 18.2 Å². The standard InChI is InChI=1S/C20H35N5O3.HI/c1-5-6-11-25(16-18(26)22-17(2)3)20(27)10-8-7-9-12-24-14-13-23(4)19(24)15-21-28;/h13-15,17H,5-12,16H2,1-4H3,(H,22,26);1H. The lowest BCUT2D eigenvalue weighted by atomic mass is 10.1. The minimum atomic E-state index is -0.0991. The SMILES string of the molecule is CCCCN(CC(=O)NC(C)C)C(=O)CCCCCn1cc[n+](C)c1/C=N\O.[I-]. The highest BCUT2D eigenvalue weighted by atomic mass is 127. The minimum absolute atomic E-state index is 0. The van der Waals surface area contributed by atoms with Crippen LogP contribution in [0, 0.1) is 0 Å². The number of amides is 2. The molecule has 1 aromatic heterocycles. The highest BCUT2D eigenvalue weighted by molar-refractivity contribution is 5.84. The Labute approximate surface area is 191 Å². The van der Waals surface area contributed by atoms with E-state index in [-0.39, 0.29) is 48.4 Å². The number of hydrogen-bond donors (Lipinski definition) is 2. The quantitative estimate of drug-likeness (QED) is 0.0857. The molecule has 8 nitrogen and oxygen atoms in total. The molecule has 0 aliphatic rings. The Hall–Kier alpha value is -1.65. The molecule has 0 aromatic carbocycles. The highest BCUT2D eigenvalue weighted by Crippen LogP contribution is 2.07. The molecule has 9 heteroatoms. The normalized spacial score (nSPS) is 10.9. The molecule has 0 unspecified atom stereocenters. The largest absolute Gasteiger partial charge is 1.00 e. The number of unbranched alkanes of at least 4 members (excludes halogenated alkanes) is 3. The Morgan fingerprint density at radius 3 is 2.66 bits per heavy atom. The Balaban J connectivity index is 0.00000784. The number of imidazole rings is 1. The van der Waals surface area contributed by atoms with Crippen molar-refractivity contribution in [3.8, 4) is 0 Å². The van der Waals surface area contributed by atoms with Crippen LogP contribution in [0.25, 0.3) is 0 Å². The van der Waals surface area contributed by atoms with E-state index in [2.05, 4.69) is 17.4 Å². The third-order valence-electron chi connectivity index (χ3n) is 4.51. The second kappa shape index (κ2) is 15.2. The molecular weight excluding hydrogens is 485 g/mol. The molecule has 0 bridgehead atoms. The average Bonchev–Trinajstić information content (AvgIpc) is 2.98. The van der Waals surface area contributed by atoms with Crippen molar-refractivity contribution in [1.82, 2.24) is 14.8 Å². The summed E-state index contributed by atoms with van der Waals surface area (Å²) in [6.07, 6.45) is 10.3. The van der Waals surface area contributed by atoms with Crippen molar-refractivity contribution in [2.24, 2.45) is 12.2 Å². The lowest BCUT2D eigenvalue weighted by Gasteiger charge is -2.22. The number of carbonyl (C=O) groups excluding carboxylic acids is 2. The summed E-state index contributed by atoms with van der Waals surface area (Å²) in [6.45, 7) is 7.48. The first-order valence-corrected chi connectivity index (χ1v) is 10.2. The smallest absolute Gasteiger partial charge is 0.303 e. The first kappa shape index (κ1) is 27.4. The maximum absolute atomic E-state index is 12.5. The van der Waals surface area contributed by atoms with Gasteiger partial charge in [-0.15, -0.1) is 0 Å². The first-order chi connectivity index (χ1) is 13.4. The van der Waals surface area contributed by atoms with E-state index in [0.29, 0.717) is 13.0 Å². The van der Waals surface area contributed by atoms with Gasteiger partial charge in [0.05, 0.1) is 20.1 Å². The Morgan fingerprint density at radius 2 is 2.03 bits per heavy atom. The number of nitrogens with one attached hydrogen (secondary N) is 1. The van der Waals surface area contributed by atoms with Crippen LogP contribution in [-0.4, -0.2) is 51.8 Å². The molecule has 29 heavy (non-hydrogen) atoms. The van der Waals surface area contributed by atoms with Crippen molar-refractivity contribution < 1.29 is 43.3 Å². The molecule has 1 rings (SSSR count). The topological polar surface area (TPSA) is 90.8 Å². The predicted octanol–water partition coefficient (Wildman–Crippen LogP) is -1.16. The molecule has 166 valence electrons. The van der Waals surface area contributed by atoms with Gasteiger partial charge < -0.3 is 39.4 Å². The Morgan fingerprint density at radius 1 is 1.31 bits per heavy atom. The molecule has 0 aliphatic heterocycles. The third-order valence-corrected chi connectivity index (χ3v) is 4.51. The zero-order valence-corrected chi connectivity index (χ0v) is 20.3. The van der Waals surface area contributed by atoms with E-state index in [9.17, 15) is 9.59 Å². The molecule has 0 saturated carbocycles. The maximum Gasteiger partial charge on any atom is 0.303 e. The van der Waals surface area contributed by atoms with Crippen LogP contribution in [0.5, 0.6) is 0 Å². The second-order valence-corrected chi connectivity index (χ2v) is 7.41. The molecular formula is C20H36IN5O3. The molecule has 0 atom stereocenters. The van der Waals surface area contributed by atoms with E-state index in [4.69, 9.17) is 5.21 Å². The Kier molecular flexibility index (Phi) is 14.4. The number of hydrogen-bond acceptors (Lipinski definition) is 4. The molecule has 0 aliphatic carbocycles. The fraction of sp³-hybridized carbons (Fsp3) is 0.700. The summed E-state index contributed by atoms with van der Waals surface area (Å²) >= 11 is 0. The van der Waals surface area contributed by atoms with Crippen LogP contribution in [0.4, 0.5) is 0 Å². The van der Waals surface area contributed by atoms with Crippen LogP contribution in [0.2, 0.25) is 0 Å². The van der Waals surface area contributed by atoms with Gasteiger partial charge in [-0.3, -0.25) is 9.59 Å². The summed E-state index contributed by atoms with van der Waals surface area (Å²) in [5.74, 6) is 0.770. The fourth-order valence-electron chi connectivity index (χ4n) is 3.02. The van der Waals surface area contributed by atoms with Crippen LogP contribution in [0.1, 0.15) is 65.1 Å². The van der Waals surface area contributed by atoms with Crippen LogP contribution < -0.4 is 33.9 Å². The molecule has 0 saturated heterocycles. The van der Waals surface area contributed by atoms with Crippen molar-refractivity contribution in [1.29, 1.82) is 0 Å². The van der Waals surface area contributed by atoms with Gasteiger partial charge in [-0.1, -0.05) is 18.5 Å². The summed E-state index contributed by atoms with van der Waals surface area (Å²) in [4.78, 5) is 26.2. The van der Waals surface area contributed by atoms with E-state index in [0.717, 1.165) is 44.5 Å². The van der Waals surface area contributed by atoms with E-state index in [1.54, 1.807) is 4.90 Å². The lowest BCUT2D eigenvalue weighted by Crippen LogP contribution is -3.00. The van der Waals surface area contributed by atoms with Gasteiger partial charge in [0.2, 0.25) is 11.8 Å². The molecule has 0 fully saturated rings. The summed E-state index contributed by atoms with van der Waals surface area (Å²) in [5, 5.41) is 14.7. The van der Waals surface area contributed by atoms with Gasteiger partial charge in [-0.25, -0.2) is 9.13 Å². The van der Waals surface area contributed by atoms with Crippen molar-refractivity contribution in [3.63, 3.8) is 0 Å². The molecule has 1 heterocycles. The van der Waals surface area contributed by atoms with Gasteiger partial charge in [0.15, 0.2) is 6.21 Å². The van der Waals surface area contributed by atoms with E-state index < -0.39 is 0 Å². The van der Waals surface area contributed by atoms with Gasteiger partial charge in [-0.05, 0) is 39.5 Å². The number of aryl methyl sites for hydroxylation is 2. The summed E-state index contributed by atoms with van der Waals surface area (Å²) in [5.41, 5.74) is 0. The molecule has 0 radical (unpaired) electrons. The fourth-order valence-corrected chi connectivity index (χ4v) is 3.02. The minimum Gasteiger partial charge on any atom is -1.00 e. The highest BCUT2D eigenvalue weighted by Gasteiger charge is 2.17. The number of halogens is 1. The van der Waals surface area contributed by atoms with E-state index in [1.807, 2.05) is 42.4 Å². The average molecular weight is 521 g/mol. The lowest BCUT2D eigenvalue weighted by molar-refractivity contribution is -0.671. The van der Waals surface area contributed by atoms with Gasteiger partial charge >= 0.3 is 5.82 Å². The number of nitrogens with zero attached hydrogens (tertiary/aromatic N) is 4. The van der Waals surface area contributed by atoms with Crippen LogP contribution in [0.15, 0.2) is 17.5 Å². The molecule has 1 aromatic rings. The number of oxime groups is 1. The Bertz CT molecular complexity index is 646. The zero-order valence-electron chi connectivity index (χ0n) is 18.1. The van der Waals surface area contributed by atoms with Crippen molar-refractivity contribution in [2.45, 2.75) is 71.9 Å². The van der Waals surface area contributed by atoms with Crippen LogP contribution in [0.3, 0.4) is 0 Å². The third kappa shape index (κ3) is 10.6. The van der Waals surface area contributed by atoms with Crippen LogP contribution >= 0.6 is 0 Å². The van der Waals surface area contributed by atoms with Gasteiger partial charge in [-0.2, -0.15) is 0 Å². The number of carbonyl (C=O) groups is 2. The molecule has 0 spiro atoms. The zero-order chi connectivity index (χ0) is 20.9.